The molecule has 1 aromatic carbocycles. The number of rotatable bonds is 2. The number of fused-ring (bicyclic) bond motifs is 1. The lowest BCUT2D eigenvalue weighted by atomic mass is 10.2. The predicted molar refractivity (Wildman–Crippen MR) is 70.7 cm³/mol. The van der Waals surface area contributed by atoms with E-state index in [1.54, 1.807) is 6.08 Å². The largest absolute Gasteiger partial charge is 0.454 e. The molecular weight excluding hydrogens is 268 g/mol. The van der Waals surface area contributed by atoms with Gasteiger partial charge in [0.2, 0.25) is 12.0 Å². The Kier molecular flexibility index (Phi) is 3.04. The molecular formula is C12H10N2O4S. The van der Waals surface area contributed by atoms with Crippen molar-refractivity contribution in [3.05, 3.63) is 28.7 Å². The number of oxime groups is 1. The van der Waals surface area contributed by atoms with E-state index in [1.807, 2.05) is 18.2 Å². The van der Waals surface area contributed by atoms with Gasteiger partial charge < -0.3 is 14.3 Å². The monoisotopic (exact) mass is 278 g/mol. The smallest absolute Gasteiger partial charge is 0.264 e. The molecule has 0 atom stereocenters. The van der Waals surface area contributed by atoms with Crippen LogP contribution in [0.25, 0.3) is 6.08 Å². The zero-order chi connectivity index (χ0) is 13.2. The standard InChI is InChI=1S/C12H10N2O4S/c1-16-14-12-13-11(15)10(19-12)5-7-2-3-8-9(4-7)18-6-17-8/h2-5H,6H2,1H3,(H,13,14,15)/b10-5+. The fourth-order valence-corrected chi connectivity index (χ4v) is 2.51. The lowest BCUT2D eigenvalue weighted by molar-refractivity contribution is -0.115. The van der Waals surface area contributed by atoms with Crippen molar-refractivity contribution in [3.63, 3.8) is 0 Å². The number of thioether (sulfide) groups is 1. The van der Waals surface area contributed by atoms with Gasteiger partial charge in [0.1, 0.15) is 7.11 Å². The van der Waals surface area contributed by atoms with Gasteiger partial charge in [-0.3, -0.25) is 10.1 Å². The van der Waals surface area contributed by atoms with Gasteiger partial charge in [-0.2, -0.15) is 0 Å². The summed E-state index contributed by atoms with van der Waals surface area (Å²) in [7, 11) is 1.43. The number of amides is 1. The highest BCUT2D eigenvalue weighted by Crippen LogP contribution is 2.34. The third-order valence-electron chi connectivity index (χ3n) is 2.52. The summed E-state index contributed by atoms with van der Waals surface area (Å²) < 4.78 is 10.5. The number of nitrogens with one attached hydrogen (secondary N) is 1. The first kappa shape index (κ1) is 11.9. The van der Waals surface area contributed by atoms with Crippen LogP contribution in [-0.4, -0.2) is 25.0 Å². The summed E-state index contributed by atoms with van der Waals surface area (Å²) in [5.74, 6) is 1.20. The second-order valence-electron chi connectivity index (χ2n) is 3.76. The number of amidine groups is 1. The molecule has 1 fully saturated rings. The topological polar surface area (TPSA) is 69.2 Å². The average molecular weight is 278 g/mol. The molecule has 0 aromatic heterocycles. The number of hydrogen-bond donors (Lipinski definition) is 1. The summed E-state index contributed by atoms with van der Waals surface area (Å²) in [6.07, 6.45) is 1.76. The Hall–Kier alpha value is -2.15. The van der Waals surface area contributed by atoms with Crippen molar-refractivity contribution in [2.45, 2.75) is 0 Å². The van der Waals surface area contributed by atoms with Crippen molar-refractivity contribution >= 4 is 28.9 Å². The van der Waals surface area contributed by atoms with Crippen molar-refractivity contribution in [1.29, 1.82) is 0 Å². The highest BCUT2D eigenvalue weighted by molar-refractivity contribution is 8.18. The van der Waals surface area contributed by atoms with Gasteiger partial charge in [0, 0.05) is 0 Å². The molecule has 0 saturated carbocycles. The Morgan fingerprint density at radius 2 is 2.26 bits per heavy atom. The molecule has 98 valence electrons. The Morgan fingerprint density at radius 1 is 1.42 bits per heavy atom. The lowest BCUT2D eigenvalue weighted by Crippen LogP contribution is -2.19. The molecule has 7 heteroatoms. The molecule has 2 heterocycles. The number of carbonyl (C=O) groups excluding carboxylic acids is 1. The molecule has 19 heavy (non-hydrogen) atoms. The average Bonchev–Trinajstić information content (AvgIpc) is 2.97. The van der Waals surface area contributed by atoms with Gasteiger partial charge in [-0.15, -0.1) is 0 Å². The van der Waals surface area contributed by atoms with Gasteiger partial charge in [-0.25, -0.2) is 0 Å². The van der Waals surface area contributed by atoms with E-state index in [9.17, 15) is 4.79 Å². The summed E-state index contributed by atoms with van der Waals surface area (Å²) in [6.45, 7) is 0.231. The van der Waals surface area contributed by atoms with Crippen molar-refractivity contribution in [1.82, 2.24) is 5.32 Å². The molecule has 1 amide bonds. The maximum atomic E-state index is 11.7. The fraction of sp³-hybridized carbons (Fsp3) is 0.167. The van der Waals surface area contributed by atoms with E-state index in [0.29, 0.717) is 21.6 Å². The molecule has 6 nitrogen and oxygen atoms in total. The van der Waals surface area contributed by atoms with Crippen LogP contribution in [0.1, 0.15) is 5.56 Å². The SMILES string of the molecule is CO/N=C1\NC(=O)/C(=C\c2ccc3c(c2)OCO3)S1. The van der Waals surface area contributed by atoms with Crippen LogP contribution < -0.4 is 14.8 Å². The first-order chi connectivity index (χ1) is 9.26. The van der Waals surface area contributed by atoms with Crippen LogP contribution in [0.5, 0.6) is 11.5 Å². The summed E-state index contributed by atoms with van der Waals surface area (Å²) in [5, 5.41) is 6.72. The molecule has 1 saturated heterocycles. The third kappa shape index (κ3) is 2.37. The lowest BCUT2D eigenvalue weighted by Gasteiger charge is -1.98. The maximum absolute atomic E-state index is 11.7. The number of carbonyl (C=O) groups is 1. The molecule has 0 bridgehead atoms. The highest BCUT2D eigenvalue weighted by atomic mass is 32.2. The number of benzene rings is 1. The van der Waals surface area contributed by atoms with Crippen molar-refractivity contribution in [2.75, 3.05) is 13.9 Å². The summed E-state index contributed by atoms with van der Waals surface area (Å²) >= 11 is 1.22. The predicted octanol–water partition coefficient (Wildman–Crippen LogP) is 1.54. The van der Waals surface area contributed by atoms with Crippen LogP contribution in [0.2, 0.25) is 0 Å². The fourth-order valence-electron chi connectivity index (χ4n) is 1.71. The minimum Gasteiger partial charge on any atom is -0.454 e. The van der Waals surface area contributed by atoms with E-state index in [2.05, 4.69) is 15.3 Å². The zero-order valence-electron chi connectivity index (χ0n) is 10.0. The molecule has 0 radical (unpaired) electrons. The molecule has 1 N–H and O–H groups in total. The maximum Gasteiger partial charge on any atom is 0.264 e. The van der Waals surface area contributed by atoms with Gasteiger partial charge in [-0.1, -0.05) is 11.2 Å². The molecule has 2 aliphatic rings. The first-order valence-electron chi connectivity index (χ1n) is 5.48. The van der Waals surface area contributed by atoms with E-state index in [1.165, 1.54) is 18.9 Å². The van der Waals surface area contributed by atoms with Gasteiger partial charge in [0.05, 0.1) is 4.91 Å². The van der Waals surface area contributed by atoms with E-state index >= 15 is 0 Å². The normalized spacial score (nSPS) is 21.0. The number of hydrogen-bond acceptors (Lipinski definition) is 6. The van der Waals surface area contributed by atoms with Crippen LogP contribution in [0.4, 0.5) is 0 Å². The Morgan fingerprint density at radius 3 is 3.11 bits per heavy atom. The molecule has 1 aromatic rings. The van der Waals surface area contributed by atoms with Crippen LogP contribution in [0.3, 0.4) is 0 Å². The minimum absolute atomic E-state index is 0.196. The van der Waals surface area contributed by atoms with E-state index in [4.69, 9.17) is 9.47 Å². The van der Waals surface area contributed by atoms with Gasteiger partial charge in [0.25, 0.3) is 5.91 Å². The summed E-state index contributed by atoms with van der Waals surface area (Å²) in [6, 6.07) is 5.50. The molecule has 2 aliphatic heterocycles. The summed E-state index contributed by atoms with van der Waals surface area (Å²) in [5.41, 5.74) is 0.862. The van der Waals surface area contributed by atoms with Crippen molar-refractivity contribution in [2.24, 2.45) is 5.16 Å². The Labute approximate surface area is 113 Å². The number of nitrogens with zero attached hydrogens (tertiary/aromatic N) is 1. The Bertz CT molecular complexity index is 597. The number of ether oxygens (including phenoxy) is 2. The second kappa shape index (κ2) is 4.85. The van der Waals surface area contributed by atoms with Crippen LogP contribution >= 0.6 is 11.8 Å². The molecule has 0 unspecified atom stereocenters. The van der Waals surface area contributed by atoms with Crippen molar-refractivity contribution in [3.8, 4) is 11.5 Å². The van der Waals surface area contributed by atoms with Gasteiger partial charge >= 0.3 is 0 Å². The van der Waals surface area contributed by atoms with Crippen LogP contribution in [-0.2, 0) is 9.63 Å². The molecule has 3 rings (SSSR count). The third-order valence-corrected chi connectivity index (χ3v) is 3.41. The zero-order valence-corrected chi connectivity index (χ0v) is 10.8. The van der Waals surface area contributed by atoms with Crippen LogP contribution in [0, 0.1) is 0 Å². The molecule has 0 spiro atoms. The van der Waals surface area contributed by atoms with E-state index in [-0.39, 0.29) is 12.7 Å². The second-order valence-corrected chi connectivity index (χ2v) is 4.79. The van der Waals surface area contributed by atoms with Gasteiger partial charge in [-0.05, 0) is 35.5 Å². The minimum atomic E-state index is -0.196. The van der Waals surface area contributed by atoms with E-state index in [0.717, 1.165) is 5.56 Å². The van der Waals surface area contributed by atoms with Crippen molar-refractivity contribution < 1.29 is 19.1 Å². The first-order valence-corrected chi connectivity index (χ1v) is 6.29. The molecule has 0 aliphatic carbocycles. The summed E-state index contributed by atoms with van der Waals surface area (Å²) in [4.78, 5) is 16.9. The van der Waals surface area contributed by atoms with Gasteiger partial charge in [0.15, 0.2) is 11.5 Å². The van der Waals surface area contributed by atoms with E-state index < -0.39 is 0 Å². The van der Waals surface area contributed by atoms with Crippen LogP contribution in [0.15, 0.2) is 28.3 Å². The highest BCUT2D eigenvalue weighted by Gasteiger charge is 2.24. The Balaban J connectivity index is 1.86. The quantitative estimate of drug-likeness (QED) is 0.656.